The second-order valence-electron chi connectivity index (χ2n) is 15.3. The zero-order chi connectivity index (χ0) is 44.3. The van der Waals surface area contributed by atoms with Crippen molar-refractivity contribution in [3.63, 3.8) is 0 Å². The van der Waals surface area contributed by atoms with Gasteiger partial charge in [0.25, 0.3) is 12.1 Å². The number of hydrogen-bond acceptors (Lipinski definition) is 24. The molecule has 26 nitrogen and oxygen atoms in total. The smallest absolute Gasteiger partial charge is 0.432 e. The van der Waals surface area contributed by atoms with Crippen LogP contribution in [0.1, 0.15) is 46.4 Å². The summed E-state index contributed by atoms with van der Waals surface area (Å²) in [5, 5.41) is 12.4. The molecular weight excluding hydrogens is 886 g/mol. The first kappa shape index (κ1) is 44.2. The molecule has 0 amide bonds. The maximum absolute atomic E-state index is 15.7. The zero-order valence-corrected chi connectivity index (χ0v) is 36.3. The van der Waals surface area contributed by atoms with E-state index >= 15 is 9.13 Å². The zero-order valence-electron chi connectivity index (χ0n) is 33.7. The minimum absolute atomic E-state index is 0.0591. The van der Waals surface area contributed by atoms with Gasteiger partial charge in [-0.3, -0.25) is 28.0 Å². The van der Waals surface area contributed by atoms with Crippen LogP contribution < -0.4 is 17.0 Å². The van der Waals surface area contributed by atoms with Crippen LogP contribution in [-0.2, 0) is 55.6 Å². The third-order valence-electron chi connectivity index (χ3n) is 10.8. The van der Waals surface area contributed by atoms with Crippen molar-refractivity contribution in [2.75, 3.05) is 44.5 Å². The molecule has 0 aromatic carbocycles. The Morgan fingerprint density at radius 2 is 1.73 bits per heavy atom. The highest BCUT2D eigenvalue weighted by molar-refractivity contribution is 8.56. The molecule has 6 N–H and O–H groups in total. The Labute approximate surface area is 354 Å². The Hall–Kier alpha value is -4.43. The van der Waals surface area contributed by atoms with E-state index in [0.29, 0.717) is 11.4 Å². The largest absolute Gasteiger partial charge is 0.510 e. The molecule has 338 valence electrons. The van der Waals surface area contributed by atoms with Crippen LogP contribution in [-0.4, -0.2) is 132 Å². The summed E-state index contributed by atoms with van der Waals surface area (Å²) < 4.78 is 90.7. The van der Waals surface area contributed by atoms with E-state index in [1.807, 2.05) is 0 Å². The Balaban J connectivity index is 1.21. The molecule has 1 unspecified atom stereocenters. The normalized spacial score (nSPS) is 33.2. The average Bonchev–Trinajstić information content (AvgIpc) is 3.52. The quantitative estimate of drug-likeness (QED) is 0.0954. The Kier molecular flexibility index (Phi) is 12.1. The summed E-state index contributed by atoms with van der Waals surface area (Å²) in [4.78, 5) is 61.0. The summed E-state index contributed by atoms with van der Waals surface area (Å²) in [5.74, 6) is -1.27. The van der Waals surface area contributed by atoms with E-state index in [1.54, 1.807) is 32.3 Å². The number of carbonyl (C=O) groups is 2. The number of methoxy groups -OCH3 is 1. The van der Waals surface area contributed by atoms with Gasteiger partial charge in [0.05, 0.1) is 55.9 Å². The molecule has 4 aromatic rings. The fraction of sp³-hybridized carbons (Fsp3) is 0.636. The van der Waals surface area contributed by atoms with Gasteiger partial charge in [-0.15, -0.1) is 0 Å². The Bertz CT molecular complexity index is 2510. The van der Waals surface area contributed by atoms with Crippen molar-refractivity contribution in [2.24, 2.45) is 11.3 Å². The summed E-state index contributed by atoms with van der Waals surface area (Å²) in [6.45, 7) is 0.0118. The minimum atomic E-state index is -4.97. The predicted molar refractivity (Wildman–Crippen MR) is 212 cm³/mol. The Morgan fingerprint density at radius 3 is 2.45 bits per heavy atom. The van der Waals surface area contributed by atoms with Crippen LogP contribution in [0.4, 0.5) is 21.4 Å². The van der Waals surface area contributed by atoms with Crippen LogP contribution in [0.5, 0.6) is 0 Å². The van der Waals surface area contributed by atoms with Crippen molar-refractivity contribution >= 4 is 72.2 Å². The first-order chi connectivity index (χ1) is 29.5. The van der Waals surface area contributed by atoms with E-state index in [0.717, 1.165) is 0 Å². The van der Waals surface area contributed by atoms with E-state index in [1.165, 1.54) is 30.7 Å². The van der Waals surface area contributed by atoms with Crippen LogP contribution in [0.15, 0.2) is 23.8 Å². The molecule has 0 radical (unpaired) electrons. The maximum Gasteiger partial charge on any atom is 0.510 e. The average molecular weight is 931 g/mol. The van der Waals surface area contributed by atoms with Gasteiger partial charge in [0.15, 0.2) is 28.9 Å². The van der Waals surface area contributed by atoms with Crippen LogP contribution in [0, 0.1) is 11.3 Å². The monoisotopic (exact) mass is 930 g/mol. The molecule has 1 spiro atoms. The van der Waals surface area contributed by atoms with Crippen molar-refractivity contribution in [2.45, 2.75) is 88.7 Å². The number of nitrogen functional groups attached to an aromatic ring is 2. The van der Waals surface area contributed by atoms with Gasteiger partial charge in [0.1, 0.15) is 36.1 Å². The van der Waals surface area contributed by atoms with Gasteiger partial charge < -0.3 is 54.1 Å². The lowest BCUT2D eigenvalue weighted by atomic mass is 10.0. The maximum atomic E-state index is 15.7. The third-order valence-corrected chi connectivity index (χ3v) is 17.2. The molecule has 2 aliphatic heterocycles. The molecule has 29 heteroatoms. The van der Waals surface area contributed by atoms with Gasteiger partial charge in [0, 0.05) is 12.5 Å². The number of phosphoric ester groups is 1. The minimum Gasteiger partial charge on any atom is -0.432 e. The van der Waals surface area contributed by atoms with Gasteiger partial charge in [-0.1, -0.05) is 0 Å². The SMILES string of the molecule is CO[C@H]1[C@H]2O[P@@](=O)(OCOC(=O)OC(C)C)OCC34C[C@@H]3[C@@H](n3cnc5c(N)ncnc53)[C@H](O)[C@@H]4[P@](=O)(SCOC(=O)OC(C)C)OC[C@H]1O[C@H]2n1cnc2c(=O)[nH]c(N)nc21. The lowest BCUT2D eigenvalue weighted by molar-refractivity contribution is -0.0589. The van der Waals surface area contributed by atoms with Crippen molar-refractivity contribution in [1.82, 2.24) is 39.0 Å². The number of imidazole rings is 2. The Morgan fingerprint density at radius 1 is 1.02 bits per heavy atom. The van der Waals surface area contributed by atoms with Crippen LogP contribution >= 0.6 is 25.8 Å². The topological polar surface area (TPSA) is 340 Å². The fourth-order valence-electron chi connectivity index (χ4n) is 8.27. The van der Waals surface area contributed by atoms with Crippen molar-refractivity contribution in [1.29, 1.82) is 0 Å². The van der Waals surface area contributed by atoms with Crippen LogP contribution in [0.3, 0.4) is 0 Å². The number of nitrogens with one attached hydrogen (secondary N) is 1. The molecule has 2 saturated heterocycles. The molecule has 8 rings (SSSR count). The summed E-state index contributed by atoms with van der Waals surface area (Å²) in [5.41, 5.74) is 9.02. The van der Waals surface area contributed by atoms with Crippen molar-refractivity contribution in [3.05, 3.63) is 29.3 Å². The number of nitrogens with two attached hydrogens (primary N) is 2. The lowest BCUT2D eigenvalue weighted by Gasteiger charge is -2.35. The molecule has 4 fully saturated rings. The predicted octanol–water partition coefficient (Wildman–Crippen LogP) is 2.85. The molecule has 2 aliphatic carbocycles. The first-order valence-electron chi connectivity index (χ1n) is 19.1. The standard InChI is InChI=1S/C33H44N10O16P2S/c1-14(2)56-31(46)51-12-55-61(49)54-8-33-6-16(33)20(42-10-38-18-25(34)36-9-37-26(18)42)21(44)24(33)60(48,62-13-52-32(47)57-15(3)4)53-7-17-22(50-5)23(59-61)29(58-17)43-11-39-19-27(43)40-30(35)41-28(19)45/h9-11,14-17,20-24,29,44H,6-8,12-13H2,1-5H3,(H2,34,36,37)(H3,35,40,41,45)/t16-,17-,20-,21+,22-,23-,24+,29-,33?,60-,61-/m1/s1. The van der Waals surface area contributed by atoms with Gasteiger partial charge in [-0.05, 0) is 51.4 Å². The van der Waals surface area contributed by atoms with E-state index < -0.39 is 124 Å². The number of aromatic amines is 1. The molecule has 2 bridgehead atoms. The van der Waals surface area contributed by atoms with Crippen molar-refractivity contribution < 1.29 is 70.3 Å². The number of fused-ring (bicyclic) bond motifs is 4. The number of ether oxygens (including phenoxy) is 6. The third kappa shape index (κ3) is 8.14. The second-order valence-corrected chi connectivity index (χ2v) is 21.6. The molecule has 2 saturated carbocycles. The van der Waals surface area contributed by atoms with Gasteiger partial charge in [-0.25, -0.2) is 38.6 Å². The number of hydrogen-bond donors (Lipinski definition) is 4. The number of aromatic nitrogens is 8. The van der Waals surface area contributed by atoms with E-state index in [9.17, 15) is 19.5 Å². The summed E-state index contributed by atoms with van der Waals surface area (Å²) in [6, 6.07) is -0.880. The van der Waals surface area contributed by atoms with Crippen LogP contribution in [0.25, 0.3) is 22.3 Å². The number of aliphatic hydroxyl groups excluding tert-OH is 1. The van der Waals surface area contributed by atoms with Gasteiger partial charge >= 0.3 is 20.1 Å². The molecule has 4 aliphatic rings. The molecular formula is C33H44N10O16P2S. The number of nitrogens with zero attached hydrogens (tertiary/aromatic N) is 7. The highest BCUT2D eigenvalue weighted by Gasteiger charge is 2.77. The van der Waals surface area contributed by atoms with E-state index in [-0.39, 0.29) is 40.5 Å². The fourth-order valence-corrected chi connectivity index (χ4v) is 14.7. The highest BCUT2D eigenvalue weighted by Crippen LogP contribution is 2.82. The van der Waals surface area contributed by atoms with Crippen molar-refractivity contribution in [3.8, 4) is 0 Å². The lowest BCUT2D eigenvalue weighted by Crippen LogP contribution is -2.40. The molecule has 11 atom stereocenters. The number of carbonyl (C=O) groups excluding carboxylic acids is 2. The van der Waals surface area contributed by atoms with Gasteiger partial charge in [-0.2, -0.15) is 4.98 Å². The summed E-state index contributed by atoms with van der Waals surface area (Å²) >= 11 is 0.624. The number of aliphatic hydroxyl groups is 1. The molecule has 6 heterocycles. The molecule has 62 heavy (non-hydrogen) atoms. The number of rotatable bonds is 11. The van der Waals surface area contributed by atoms with E-state index in [4.69, 9.17) is 58.0 Å². The first-order valence-corrected chi connectivity index (χ1v) is 23.9. The highest BCUT2D eigenvalue weighted by atomic mass is 32.7. The summed E-state index contributed by atoms with van der Waals surface area (Å²) in [7, 11) is -3.68. The van der Waals surface area contributed by atoms with E-state index in [2.05, 4.69) is 29.9 Å². The summed E-state index contributed by atoms with van der Waals surface area (Å²) in [6.07, 6.45) is -5.98. The number of phosphoric acid groups is 1. The van der Waals surface area contributed by atoms with Gasteiger partial charge in [0.2, 0.25) is 12.7 Å². The van der Waals surface area contributed by atoms with Crippen LogP contribution in [0.2, 0.25) is 0 Å². The molecule has 4 aromatic heterocycles. The number of anilines is 2. The number of H-pyrrole nitrogens is 1. The second kappa shape index (κ2) is 16.9.